The van der Waals surface area contributed by atoms with Crippen LogP contribution in [0.1, 0.15) is 6.42 Å². The second-order valence-corrected chi connectivity index (χ2v) is 6.90. The third kappa shape index (κ3) is 20.3. The zero-order valence-electron chi connectivity index (χ0n) is 14.0. The number of hydrogen-bond acceptors (Lipinski definition) is 2. The molecule has 0 unspecified atom stereocenters. The fourth-order valence-electron chi connectivity index (χ4n) is 1.33. The van der Waals surface area contributed by atoms with Gasteiger partial charge in [0.2, 0.25) is 11.8 Å². The standard InChI is InChI=1S/C13H28N4O2.2HI/c1-16(2,3)9-7-14-12(18)11-13(19)15-8-10-17(4,5)6;;/h7-11H2,1-6H3;2*1H. The molecule has 2 N–H and O–H groups in total. The quantitative estimate of drug-likeness (QED) is 0.187. The molecule has 0 atom stereocenters. The zero-order chi connectivity index (χ0) is 15.1. The van der Waals surface area contributed by atoms with E-state index in [2.05, 4.69) is 52.9 Å². The molecule has 0 aromatic heterocycles. The normalized spacial score (nSPS) is 11.0. The molecule has 21 heavy (non-hydrogen) atoms. The van der Waals surface area contributed by atoms with Gasteiger partial charge in [-0.25, -0.2) is 0 Å². The Balaban J connectivity index is -0.00000162. The van der Waals surface area contributed by atoms with E-state index in [0.717, 1.165) is 22.1 Å². The first kappa shape index (κ1) is 26.2. The second kappa shape index (κ2) is 11.8. The first-order valence-corrected chi connectivity index (χ1v) is 6.64. The van der Waals surface area contributed by atoms with Crippen molar-refractivity contribution < 1.29 is 66.5 Å². The van der Waals surface area contributed by atoms with Crippen molar-refractivity contribution in [1.29, 1.82) is 0 Å². The fourth-order valence-corrected chi connectivity index (χ4v) is 1.33. The smallest absolute Gasteiger partial charge is 0.229 e. The van der Waals surface area contributed by atoms with Crippen molar-refractivity contribution in [2.75, 3.05) is 68.5 Å². The van der Waals surface area contributed by atoms with E-state index in [1.165, 1.54) is 0 Å². The van der Waals surface area contributed by atoms with Gasteiger partial charge < -0.3 is 67.6 Å². The average molecular weight is 528 g/mol. The number of carbonyl (C=O) groups excluding carboxylic acids is 2. The molecule has 2 amide bonds. The van der Waals surface area contributed by atoms with Gasteiger partial charge in [0.25, 0.3) is 0 Å². The number of carbonyl (C=O) groups is 2. The number of likely N-dealkylation sites (N-methyl/N-ethyl adjacent to an activating group) is 2. The Morgan fingerprint density at radius 1 is 0.714 bits per heavy atom. The summed E-state index contributed by atoms with van der Waals surface area (Å²) in [6.07, 6.45) is -0.0890. The van der Waals surface area contributed by atoms with Crippen LogP contribution in [0.4, 0.5) is 0 Å². The van der Waals surface area contributed by atoms with Crippen LogP contribution < -0.4 is 58.6 Å². The van der Waals surface area contributed by atoms with Crippen LogP contribution in [-0.4, -0.2) is 89.2 Å². The van der Waals surface area contributed by atoms with Crippen LogP contribution >= 0.6 is 0 Å². The molecule has 0 heterocycles. The van der Waals surface area contributed by atoms with Crippen LogP contribution in [0.15, 0.2) is 0 Å². The fraction of sp³-hybridized carbons (Fsp3) is 0.846. The Kier molecular flexibility index (Phi) is 14.8. The summed E-state index contributed by atoms with van der Waals surface area (Å²) in [6.45, 7) is 2.87. The van der Waals surface area contributed by atoms with E-state index >= 15 is 0 Å². The lowest BCUT2D eigenvalue weighted by atomic mass is 10.3. The molecule has 128 valence electrons. The lowest BCUT2D eigenvalue weighted by Gasteiger charge is -2.24. The molecule has 0 aromatic carbocycles. The molecule has 0 rings (SSSR count). The molecule has 0 saturated carbocycles. The van der Waals surface area contributed by atoms with E-state index in [1.807, 2.05) is 0 Å². The van der Waals surface area contributed by atoms with Gasteiger partial charge in [-0.3, -0.25) is 9.59 Å². The largest absolute Gasteiger partial charge is 1.00 e. The van der Waals surface area contributed by atoms with Gasteiger partial charge in [-0.15, -0.1) is 0 Å². The number of nitrogens with zero attached hydrogens (tertiary/aromatic N) is 2. The minimum absolute atomic E-state index is 0. The summed E-state index contributed by atoms with van der Waals surface area (Å²) in [5, 5.41) is 5.51. The van der Waals surface area contributed by atoms with Crippen molar-refractivity contribution in [2.45, 2.75) is 6.42 Å². The maximum atomic E-state index is 11.5. The Morgan fingerprint density at radius 2 is 1.00 bits per heavy atom. The third-order valence-electron chi connectivity index (χ3n) is 2.53. The first-order valence-electron chi connectivity index (χ1n) is 6.64. The van der Waals surface area contributed by atoms with Crippen LogP contribution in [0.25, 0.3) is 0 Å². The molecule has 0 spiro atoms. The number of rotatable bonds is 8. The lowest BCUT2D eigenvalue weighted by molar-refractivity contribution is -0.869. The van der Waals surface area contributed by atoms with Gasteiger partial charge in [-0.05, 0) is 0 Å². The SMILES string of the molecule is C[N+](C)(C)CCNC(=O)CC(=O)NCC[N+](C)(C)C.[I-].[I-]. The van der Waals surface area contributed by atoms with E-state index < -0.39 is 0 Å². The van der Waals surface area contributed by atoms with Gasteiger partial charge in [0, 0.05) is 0 Å². The molecule has 0 aromatic rings. The molecular formula is C13H30I2N4O2. The predicted molar refractivity (Wildman–Crippen MR) is 76.4 cm³/mol. The molecule has 0 aliphatic heterocycles. The minimum atomic E-state index is -0.212. The molecule has 0 bridgehead atoms. The third-order valence-corrected chi connectivity index (χ3v) is 2.53. The summed E-state index contributed by atoms with van der Waals surface area (Å²) in [5.41, 5.74) is 0. The maximum Gasteiger partial charge on any atom is 0.229 e. The van der Waals surface area contributed by atoms with Crippen molar-refractivity contribution in [2.24, 2.45) is 0 Å². The number of nitrogens with one attached hydrogen (secondary N) is 2. The molecule has 0 aliphatic rings. The van der Waals surface area contributed by atoms with E-state index in [1.54, 1.807) is 0 Å². The Hall–Kier alpha value is 0.320. The van der Waals surface area contributed by atoms with Gasteiger partial charge in [-0.2, -0.15) is 0 Å². The van der Waals surface area contributed by atoms with Gasteiger partial charge in [-0.1, -0.05) is 0 Å². The first-order chi connectivity index (χ1) is 8.49. The molecule has 0 saturated heterocycles. The monoisotopic (exact) mass is 528 g/mol. The van der Waals surface area contributed by atoms with Crippen molar-refractivity contribution >= 4 is 11.8 Å². The average Bonchev–Trinajstić information content (AvgIpc) is 2.12. The Labute approximate surface area is 163 Å². The van der Waals surface area contributed by atoms with Crippen molar-refractivity contribution in [3.63, 3.8) is 0 Å². The van der Waals surface area contributed by atoms with Crippen molar-refractivity contribution in [1.82, 2.24) is 10.6 Å². The highest BCUT2D eigenvalue weighted by atomic mass is 127. The van der Waals surface area contributed by atoms with Crippen molar-refractivity contribution in [3.05, 3.63) is 0 Å². The number of quaternary nitrogens is 2. The molecule has 0 aliphatic carbocycles. The van der Waals surface area contributed by atoms with Gasteiger partial charge in [0.05, 0.1) is 68.5 Å². The van der Waals surface area contributed by atoms with Gasteiger partial charge >= 0.3 is 0 Å². The van der Waals surface area contributed by atoms with Gasteiger partial charge in [0.1, 0.15) is 6.42 Å². The number of hydrogen-bond donors (Lipinski definition) is 2. The molecule has 0 fully saturated rings. The molecule has 8 heteroatoms. The summed E-state index contributed by atoms with van der Waals surface area (Å²) >= 11 is 0. The van der Waals surface area contributed by atoms with E-state index in [-0.39, 0.29) is 66.2 Å². The highest BCUT2D eigenvalue weighted by Crippen LogP contribution is 1.89. The summed E-state index contributed by atoms with van der Waals surface area (Å²) in [4.78, 5) is 23.0. The topological polar surface area (TPSA) is 58.2 Å². The van der Waals surface area contributed by atoms with Crippen LogP contribution in [0.3, 0.4) is 0 Å². The predicted octanol–water partition coefficient (Wildman–Crippen LogP) is -6.97. The highest BCUT2D eigenvalue weighted by Gasteiger charge is 2.12. The summed E-state index contributed by atoms with van der Waals surface area (Å²) in [6, 6.07) is 0. The van der Waals surface area contributed by atoms with Crippen LogP contribution in [0.2, 0.25) is 0 Å². The van der Waals surface area contributed by atoms with E-state index in [4.69, 9.17) is 0 Å². The van der Waals surface area contributed by atoms with Crippen LogP contribution in [0, 0.1) is 0 Å². The number of halogens is 2. The Bertz CT molecular complexity index is 282. The minimum Gasteiger partial charge on any atom is -1.00 e. The molecule has 0 radical (unpaired) electrons. The summed E-state index contributed by atoms with van der Waals surface area (Å²) < 4.78 is 1.58. The van der Waals surface area contributed by atoms with E-state index in [9.17, 15) is 9.59 Å². The molecule has 6 nitrogen and oxygen atoms in total. The van der Waals surface area contributed by atoms with E-state index in [0.29, 0.717) is 13.1 Å². The summed E-state index contributed by atoms with van der Waals surface area (Å²) in [5.74, 6) is -0.424. The maximum absolute atomic E-state index is 11.5. The zero-order valence-corrected chi connectivity index (χ0v) is 18.3. The number of amides is 2. The summed E-state index contributed by atoms with van der Waals surface area (Å²) in [7, 11) is 12.4. The lowest BCUT2D eigenvalue weighted by Crippen LogP contribution is -3.00. The second-order valence-electron chi connectivity index (χ2n) is 6.90. The van der Waals surface area contributed by atoms with Crippen molar-refractivity contribution in [3.8, 4) is 0 Å². The molecular weight excluding hydrogens is 498 g/mol. The highest BCUT2D eigenvalue weighted by molar-refractivity contribution is 5.96. The Morgan fingerprint density at radius 3 is 1.24 bits per heavy atom. The van der Waals surface area contributed by atoms with Crippen LogP contribution in [0.5, 0.6) is 0 Å². The van der Waals surface area contributed by atoms with Gasteiger partial charge in [0.15, 0.2) is 0 Å². The van der Waals surface area contributed by atoms with Crippen LogP contribution in [-0.2, 0) is 9.59 Å².